The molecule has 0 spiro atoms. The Hall–Kier alpha value is -3.47. The van der Waals surface area contributed by atoms with Gasteiger partial charge in [0.25, 0.3) is 5.91 Å². The van der Waals surface area contributed by atoms with E-state index in [0.29, 0.717) is 28.0 Å². The van der Waals surface area contributed by atoms with Crippen LogP contribution >= 0.6 is 23.2 Å². The number of ether oxygens (including phenoxy) is 1. The highest BCUT2D eigenvalue weighted by molar-refractivity contribution is 6.35. The molecule has 1 heterocycles. The first-order valence-electron chi connectivity index (χ1n) is 10.5. The van der Waals surface area contributed by atoms with Crippen molar-refractivity contribution in [3.05, 3.63) is 124 Å². The molecule has 0 bridgehead atoms. The van der Waals surface area contributed by atoms with Crippen molar-refractivity contribution < 1.29 is 9.53 Å². The molecule has 1 aliphatic heterocycles. The molecule has 0 radical (unpaired) electrons. The van der Waals surface area contributed by atoms with Gasteiger partial charge in [-0.1, -0.05) is 71.7 Å². The van der Waals surface area contributed by atoms with Crippen molar-refractivity contribution in [2.45, 2.75) is 12.8 Å². The summed E-state index contributed by atoms with van der Waals surface area (Å²) in [6, 6.07) is 30.3. The second-order valence-electron chi connectivity index (χ2n) is 7.70. The van der Waals surface area contributed by atoms with Crippen molar-refractivity contribution in [3.63, 3.8) is 0 Å². The smallest absolute Gasteiger partial charge is 0.262 e. The summed E-state index contributed by atoms with van der Waals surface area (Å²) in [6.45, 7) is 0.307. The van der Waals surface area contributed by atoms with Crippen LogP contribution < -0.4 is 15.0 Å². The first kappa shape index (κ1) is 21.4. The predicted molar refractivity (Wildman–Crippen MR) is 133 cm³/mol. The monoisotopic (exact) mass is 474 g/mol. The molecule has 0 fully saturated rings. The minimum absolute atomic E-state index is 0.0557. The molecule has 4 aromatic rings. The molecule has 1 aliphatic rings. The summed E-state index contributed by atoms with van der Waals surface area (Å²) in [5.41, 5.74) is 4.01. The third kappa shape index (κ3) is 4.40. The van der Waals surface area contributed by atoms with E-state index in [0.717, 1.165) is 22.5 Å². The van der Waals surface area contributed by atoms with E-state index in [1.54, 1.807) is 17.0 Å². The van der Waals surface area contributed by atoms with Crippen LogP contribution in [0.1, 0.15) is 27.7 Å². The number of hydrogen-bond donors (Lipinski definition) is 1. The highest BCUT2D eigenvalue weighted by Gasteiger charge is 2.34. The molecule has 0 aliphatic carbocycles. The van der Waals surface area contributed by atoms with Crippen LogP contribution in [0.5, 0.6) is 5.75 Å². The molecule has 0 aromatic heterocycles. The van der Waals surface area contributed by atoms with Crippen LogP contribution in [0.3, 0.4) is 0 Å². The van der Waals surface area contributed by atoms with Crippen LogP contribution in [-0.4, -0.2) is 5.91 Å². The minimum Gasteiger partial charge on any atom is -0.489 e. The number of nitrogens with one attached hydrogen (secondary N) is 1. The number of carbonyl (C=O) groups is 1. The summed E-state index contributed by atoms with van der Waals surface area (Å²) in [6.07, 6.45) is -0.391. The van der Waals surface area contributed by atoms with Crippen LogP contribution in [0.15, 0.2) is 97.1 Å². The van der Waals surface area contributed by atoms with Gasteiger partial charge in [0.05, 0.1) is 5.56 Å². The Morgan fingerprint density at radius 3 is 2.45 bits per heavy atom. The molecule has 1 amide bonds. The van der Waals surface area contributed by atoms with E-state index in [2.05, 4.69) is 5.32 Å². The number of benzene rings is 4. The van der Waals surface area contributed by atoms with Gasteiger partial charge in [-0.05, 0) is 54.1 Å². The number of anilines is 2. The van der Waals surface area contributed by atoms with Gasteiger partial charge in [-0.15, -0.1) is 0 Å². The lowest BCUT2D eigenvalue weighted by Crippen LogP contribution is -2.43. The number of para-hydroxylation sites is 2. The molecule has 0 saturated heterocycles. The van der Waals surface area contributed by atoms with E-state index in [1.807, 2.05) is 84.9 Å². The lowest BCUT2D eigenvalue weighted by molar-refractivity contribution is 0.0975. The maximum Gasteiger partial charge on any atom is 0.262 e. The number of amides is 1. The predicted octanol–water partition coefficient (Wildman–Crippen LogP) is 7.34. The standard InChI is InChI=1S/C27H20Cl2N2O2/c28-20-14-13-19(24(29)16-20)17-33-22-10-6-7-18(15-22)26-30-25-12-5-4-11-23(25)27(32)31(26)21-8-2-1-3-9-21/h1-16,26,30H,17H2. The van der Waals surface area contributed by atoms with Crippen molar-refractivity contribution in [2.24, 2.45) is 0 Å². The molecule has 6 heteroatoms. The van der Waals surface area contributed by atoms with Crippen LogP contribution in [0.4, 0.5) is 11.4 Å². The van der Waals surface area contributed by atoms with E-state index < -0.39 is 6.17 Å². The third-order valence-electron chi connectivity index (χ3n) is 5.54. The molecule has 1 N–H and O–H groups in total. The fourth-order valence-electron chi connectivity index (χ4n) is 3.92. The summed E-state index contributed by atoms with van der Waals surface area (Å²) >= 11 is 12.3. The maximum atomic E-state index is 13.5. The van der Waals surface area contributed by atoms with Gasteiger partial charge in [0, 0.05) is 27.0 Å². The Morgan fingerprint density at radius 2 is 1.64 bits per heavy atom. The number of rotatable bonds is 5. The lowest BCUT2D eigenvalue weighted by Gasteiger charge is -2.38. The van der Waals surface area contributed by atoms with Crippen LogP contribution in [-0.2, 0) is 6.61 Å². The van der Waals surface area contributed by atoms with Crippen molar-refractivity contribution in [3.8, 4) is 5.75 Å². The number of fused-ring (bicyclic) bond motifs is 1. The number of carbonyl (C=O) groups excluding carboxylic acids is 1. The first-order valence-corrected chi connectivity index (χ1v) is 11.3. The largest absolute Gasteiger partial charge is 0.489 e. The number of halogens is 2. The molecule has 164 valence electrons. The van der Waals surface area contributed by atoms with Gasteiger partial charge < -0.3 is 10.1 Å². The van der Waals surface area contributed by atoms with Gasteiger partial charge in [0.1, 0.15) is 18.5 Å². The van der Waals surface area contributed by atoms with Crippen molar-refractivity contribution >= 4 is 40.5 Å². The zero-order valence-corrected chi connectivity index (χ0v) is 19.1. The van der Waals surface area contributed by atoms with Gasteiger partial charge in [-0.25, -0.2) is 0 Å². The highest BCUT2D eigenvalue weighted by Crippen LogP contribution is 2.37. The van der Waals surface area contributed by atoms with Crippen molar-refractivity contribution in [1.29, 1.82) is 0 Å². The Bertz CT molecular complexity index is 1310. The second-order valence-corrected chi connectivity index (χ2v) is 8.54. The topological polar surface area (TPSA) is 41.6 Å². The fraction of sp³-hybridized carbons (Fsp3) is 0.0741. The summed E-state index contributed by atoms with van der Waals surface area (Å²) in [4.78, 5) is 15.3. The zero-order valence-electron chi connectivity index (χ0n) is 17.5. The summed E-state index contributed by atoms with van der Waals surface area (Å²) in [5, 5.41) is 4.67. The Balaban J connectivity index is 1.47. The normalized spacial score (nSPS) is 15.0. The van der Waals surface area contributed by atoms with Crippen molar-refractivity contribution in [2.75, 3.05) is 10.2 Å². The van der Waals surface area contributed by atoms with Gasteiger partial charge in [0.2, 0.25) is 0 Å². The van der Waals surface area contributed by atoms with Gasteiger partial charge in [-0.3, -0.25) is 9.69 Å². The average Bonchev–Trinajstić information content (AvgIpc) is 2.84. The van der Waals surface area contributed by atoms with E-state index >= 15 is 0 Å². The highest BCUT2D eigenvalue weighted by atomic mass is 35.5. The summed E-state index contributed by atoms with van der Waals surface area (Å²) in [7, 11) is 0. The SMILES string of the molecule is O=C1c2ccccc2NC(c2cccc(OCc3ccc(Cl)cc3Cl)c2)N1c1ccccc1. The maximum absolute atomic E-state index is 13.5. The Kier molecular flexibility index (Phi) is 5.95. The van der Waals surface area contributed by atoms with Crippen molar-refractivity contribution in [1.82, 2.24) is 0 Å². The summed E-state index contributed by atoms with van der Waals surface area (Å²) in [5.74, 6) is 0.624. The van der Waals surface area contributed by atoms with Gasteiger partial charge in [-0.2, -0.15) is 0 Å². The molecule has 1 unspecified atom stereocenters. The third-order valence-corrected chi connectivity index (χ3v) is 6.13. The zero-order chi connectivity index (χ0) is 22.8. The quantitative estimate of drug-likeness (QED) is 0.328. The number of hydrogen-bond acceptors (Lipinski definition) is 3. The van der Waals surface area contributed by atoms with Crippen LogP contribution in [0.25, 0.3) is 0 Å². The molecule has 5 rings (SSSR count). The Labute approximate surface area is 202 Å². The van der Waals surface area contributed by atoms with E-state index in [4.69, 9.17) is 27.9 Å². The van der Waals surface area contributed by atoms with Gasteiger partial charge >= 0.3 is 0 Å². The first-order chi connectivity index (χ1) is 16.1. The Morgan fingerprint density at radius 1 is 0.848 bits per heavy atom. The average molecular weight is 475 g/mol. The van der Waals surface area contributed by atoms with Crippen LogP contribution in [0, 0.1) is 0 Å². The molecular weight excluding hydrogens is 455 g/mol. The lowest BCUT2D eigenvalue weighted by atomic mass is 10.0. The molecule has 4 aromatic carbocycles. The van der Waals surface area contributed by atoms with E-state index in [9.17, 15) is 4.79 Å². The van der Waals surface area contributed by atoms with E-state index in [1.165, 1.54) is 0 Å². The van der Waals surface area contributed by atoms with Gasteiger partial charge in [0.15, 0.2) is 0 Å². The molecule has 4 nitrogen and oxygen atoms in total. The summed E-state index contributed by atoms with van der Waals surface area (Å²) < 4.78 is 6.02. The van der Waals surface area contributed by atoms with Crippen LogP contribution in [0.2, 0.25) is 10.0 Å². The fourth-order valence-corrected chi connectivity index (χ4v) is 4.38. The molecule has 33 heavy (non-hydrogen) atoms. The molecule has 1 atom stereocenters. The number of nitrogens with zero attached hydrogens (tertiary/aromatic N) is 1. The second kappa shape index (κ2) is 9.18. The minimum atomic E-state index is -0.391. The molecular formula is C27H20Cl2N2O2. The molecule has 0 saturated carbocycles. The van der Waals surface area contributed by atoms with E-state index in [-0.39, 0.29) is 5.91 Å².